The molecule has 0 radical (unpaired) electrons. The third-order valence-electron chi connectivity index (χ3n) is 7.17. The lowest BCUT2D eigenvalue weighted by Gasteiger charge is -2.40. The van der Waals surface area contributed by atoms with Crippen LogP contribution in [0.15, 0.2) is 23.1 Å². The van der Waals surface area contributed by atoms with Gasteiger partial charge < -0.3 is 14.4 Å². The zero-order valence-corrected chi connectivity index (χ0v) is 20.7. The summed E-state index contributed by atoms with van der Waals surface area (Å²) >= 11 is 1.51. The van der Waals surface area contributed by atoms with Gasteiger partial charge in [-0.1, -0.05) is 20.8 Å². The number of piperidine rings is 1. The van der Waals surface area contributed by atoms with Crippen LogP contribution in [-0.2, 0) is 12.5 Å². The molecule has 33 heavy (non-hydrogen) atoms. The number of hydrogen-bond acceptors (Lipinski definition) is 7. The van der Waals surface area contributed by atoms with E-state index in [0.717, 1.165) is 59.3 Å². The van der Waals surface area contributed by atoms with E-state index in [1.165, 1.54) is 16.9 Å². The van der Waals surface area contributed by atoms with Crippen LogP contribution < -0.4 is 15.4 Å². The number of aryl methyl sites for hydroxylation is 2. The number of pyridine rings is 2. The molecule has 0 amide bonds. The maximum atomic E-state index is 12.9. The molecule has 172 valence electrons. The Morgan fingerprint density at radius 3 is 2.76 bits per heavy atom. The van der Waals surface area contributed by atoms with Crippen molar-refractivity contribution in [1.29, 1.82) is 5.26 Å². The molecule has 0 unspecified atom stereocenters. The highest BCUT2D eigenvalue weighted by Gasteiger charge is 2.40. The standard InChI is InChI=1S/C25H30N6OS/c1-15-28-21-22(18(13-26)23(32)29(5)24(21)33-15)30-10-8-19-16(14-30)7-11-31(19)20-12-17(6-9-27-20)25(2,3)4/h6,9,12,16,19H,7-8,10-11,14H2,1-5H3/t16-,19+/m1/s1. The van der Waals surface area contributed by atoms with E-state index >= 15 is 0 Å². The second-order valence-electron chi connectivity index (χ2n) is 10.3. The summed E-state index contributed by atoms with van der Waals surface area (Å²) in [5, 5.41) is 10.8. The highest BCUT2D eigenvalue weighted by atomic mass is 32.1. The van der Waals surface area contributed by atoms with Crippen molar-refractivity contribution in [1.82, 2.24) is 14.5 Å². The van der Waals surface area contributed by atoms with E-state index in [0.29, 0.717) is 12.0 Å². The Kier molecular flexibility index (Phi) is 5.20. The lowest BCUT2D eigenvalue weighted by molar-refractivity contribution is 0.395. The Labute approximate surface area is 198 Å². The SMILES string of the molecule is Cc1nc2c(N3CC[C@H]4[C@H](CCN4c4cc(C(C)(C)C)ccn4)C3)c(C#N)c(=O)n(C)c2s1. The first-order valence-electron chi connectivity index (χ1n) is 11.6. The Morgan fingerprint density at radius 2 is 2.03 bits per heavy atom. The van der Waals surface area contributed by atoms with E-state index < -0.39 is 0 Å². The van der Waals surface area contributed by atoms with E-state index in [1.54, 1.807) is 11.6 Å². The van der Waals surface area contributed by atoms with Crippen molar-refractivity contribution in [2.24, 2.45) is 13.0 Å². The van der Waals surface area contributed by atoms with E-state index in [4.69, 9.17) is 9.97 Å². The van der Waals surface area contributed by atoms with Gasteiger partial charge in [0.05, 0.1) is 10.7 Å². The second-order valence-corrected chi connectivity index (χ2v) is 11.5. The fourth-order valence-corrected chi connectivity index (χ4v) is 6.28. The lowest BCUT2D eigenvalue weighted by Crippen LogP contribution is -2.47. The smallest absolute Gasteiger partial charge is 0.271 e. The van der Waals surface area contributed by atoms with Gasteiger partial charge in [-0.25, -0.2) is 9.97 Å². The maximum Gasteiger partial charge on any atom is 0.271 e. The summed E-state index contributed by atoms with van der Waals surface area (Å²) in [5.41, 5.74) is 2.87. The Balaban J connectivity index is 1.47. The Hall–Kier alpha value is -2.92. The minimum absolute atomic E-state index is 0.0877. The highest BCUT2D eigenvalue weighted by molar-refractivity contribution is 7.18. The molecular formula is C25H30N6OS. The molecule has 0 bridgehead atoms. The topological polar surface area (TPSA) is 78.1 Å². The minimum atomic E-state index is -0.234. The molecule has 2 atom stereocenters. The van der Waals surface area contributed by atoms with Crippen molar-refractivity contribution in [2.75, 3.05) is 29.4 Å². The van der Waals surface area contributed by atoms with Gasteiger partial charge in [-0.2, -0.15) is 5.26 Å². The molecule has 8 heteroatoms. The number of rotatable bonds is 2. The van der Waals surface area contributed by atoms with E-state index in [9.17, 15) is 10.1 Å². The molecule has 3 aromatic rings. The third kappa shape index (κ3) is 3.59. The van der Waals surface area contributed by atoms with Crippen molar-refractivity contribution < 1.29 is 0 Å². The average molecular weight is 463 g/mol. The van der Waals surface area contributed by atoms with Crippen LogP contribution in [0, 0.1) is 24.2 Å². The van der Waals surface area contributed by atoms with Crippen molar-refractivity contribution in [3.8, 4) is 6.07 Å². The Morgan fingerprint density at radius 1 is 1.24 bits per heavy atom. The summed E-state index contributed by atoms with van der Waals surface area (Å²) < 4.78 is 1.57. The summed E-state index contributed by atoms with van der Waals surface area (Å²) in [6, 6.07) is 6.96. The summed E-state index contributed by atoms with van der Waals surface area (Å²) in [7, 11) is 1.73. The first kappa shape index (κ1) is 21.9. The maximum absolute atomic E-state index is 12.9. The average Bonchev–Trinajstić information content (AvgIpc) is 3.38. The number of hydrogen-bond donors (Lipinski definition) is 0. The van der Waals surface area contributed by atoms with Crippen LogP contribution in [0.25, 0.3) is 10.3 Å². The number of aromatic nitrogens is 3. The van der Waals surface area contributed by atoms with Gasteiger partial charge in [0.1, 0.15) is 27.8 Å². The number of nitriles is 1. The van der Waals surface area contributed by atoms with Gasteiger partial charge in [-0.15, -0.1) is 11.3 Å². The lowest BCUT2D eigenvalue weighted by atomic mass is 9.87. The predicted octanol–water partition coefficient (Wildman–Crippen LogP) is 3.97. The number of nitrogens with zero attached hydrogens (tertiary/aromatic N) is 6. The van der Waals surface area contributed by atoms with Gasteiger partial charge in [0.25, 0.3) is 5.56 Å². The van der Waals surface area contributed by atoms with Crippen molar-refractivity contribution in [2.45, 2.75) is 52.0 Å². The summed E-state index contributed by atoms with van der Waals surface area (Å²) in [6.45, 7) is 11.2. The fraction of sp³-hybridized carbons (Fsp3) is 0.520. The van der Waals surface area contributed by atoms with Gasteiger partial charge in [0, 0.05) is 38.9 Å². The predicted molar refractivity (Wildman–Crippen MR) is 133 cm³/mol. The zero-order chi connectivity index (χ0) is 23.5. The molecule has 2 saturated heterocycles. The van der Waals surface area contributed by atoms with E-state index in [1.807, 2.05) is 13.1 Å². The molecule has 2 aliphatic rings. The molecule has 7 nitrogen and oxygen atoms in total. The second kappa shape index (κ2) is 7.84. The van der Waals surface area contributed by atoms with Crippen molar-refractivity contribution in [3.63, 3.8) is 0 Å². The van der Waals surface area contributed by atoms with Crippen LogP contribution >= 0.6 is 11.3 Å². The highest BCUT2D eigenvalue weighted by Crippen LogP contribution is 2.39. The van der Waals surface area contributed by atoms with Gasteiger partial charge in [-0.05, 0) is 48.8 Å². The van der Waals surface area contributed by atoms with Crippen LogP contribution in [0.3, 0.4) is 0 Å². The molecule has 0 aromatic carbocycles. The minimum Gasteiger partial charge on any atom is -0.368 e. The van der Waals surface area contributed by atoms with Gasteiger partial charge in [0.2, 0.25) is 0 Å². The molecule has 0 spiro atoms. The molecule has 0 aliphatic carbocycles. The summed E-state index contributed by atoms with van der Waals surface area (Å²) in [6.07, 6.45) is 3.98. The van der Waals surface area contributed by atoms with Gasteiger partial charge in [0.15, 0.2) is 0 Å². The zero-order valence-electron chi connectivity index (χ0n) is 19.9. The van der Waals surface area contributed by atoms with E-state index in [2.05, 4.69) is 48.8 Å². The first-order chi connectivity index (χ1) is 15.7. The number of fused-ring (bicyclic) bond motifs is 2. The number of anilines is 2. The Bertz CT molecular complexity index is 1330. The largest absolute Gasteiger partial charge is 0.368 e. The number of thiazole rings is 1. The summed E-state index contributed by atoms with van der Waals surface area (Å²) in [5.74, 6) is 1.52. The third-order valence-corrected chi connectivity index (χ3v) is 8.22. The molecule has 5 heterocycles. The monoisotopic (exact) mass is 462 g/mol. The molecule has 5 rings (SSSR count). The van der Waals surface area contributed by atoms with Crippen molar-refractivity contribution in [3.05, 3.63) is 44.8 Å². The van der Waals surface area contributed by atoms with Crippen LogP contribution in [-0.4, -0.2) is 40.2 Å². The van der Waals surface area contributed by atoms with Gasteiger partial charge >= 0.3 is 0 Å². The molecule has 0 saturated carbocycles. The van der Waals surface area contributed by atoms with Crippen LogP contribution in [0.4, 0.5) is 11.5 Å². The van der Waals surface area contributed by atoms with Crippen LogP contribution in [0.1, 0.15) is 49.7 Å². The molecule has 2 fully saturated rings. The normalized spacial score (nSPS) is 20.8. The molecular weight excluding hydrogens is 432 g/mol. The molecule has 3 aromatic heterocycles. The first-order valence-corrected chi connectivity index (χ1v) is 12.4. The van der Waals surface area contributed by atoms with Crippen LogP contribution in [0.5, 0.6) is 0 Å². The quantitative estimate of drug-likeness (QED) is 0.573. The fourth-order valence-electron chi connectivity index (χ4n) is 5.40. The molecule has 2 aliphatic heterocycles. The van der Waals surface area contributed by atoms with Crippen LogP contribution in [0.2, 0.25) is 0 Å². The van der Waals surface area contributed by atoms with Gasteiger partial charge in [-0.3, -0.25) is 4.79 Å². The van der Waals surface area contributed by atoms with Crippen molar-refractivity contribution >= 4 is 33.2 Å². The molecule has 0 N–H and O–H groups in total. The summed E-state index contributed by atoms with van der Waals surface area (Å²) in [4.78, 5) is 27.9. The van der Waals surface area contributed by atoms with E-state index in [-0.39, 0.29) is 16.5 Å².